The maximum atomic E-state index is 13.3. The van der Waals surface area contributed by atoms with Gasteiger partial charge in [-0.2, -0.15) is 0 Å². The van der Waals surface area contributed by atoms with Gasteiger partial charge in [-0.3, -0.25) is 4.79 Å². The Bertz CT molecular complexity index is 425. The van der Waals surface area contributed by atoms with Crippen LogP contribution in [0.15, 0.2) is 18.2 Å². The van der Waals surface area contributed by atoms with E-state index in [0.717, 1.165) is 25.9 Å². The van der Waals surface area contributed by atoms with E-state index in [-0.39, 0.29) is 30.2 Å². The second kappa shape index (κ2) is 7.25. The quantitative estimate of drug-likeness (QED) is 0.769. The highest BCUT2D eigenvalue weighted by molar-refractivity contribution is 14.1. The van der Waals surface area contributed by atoms with Gasteiger partial charge in [0.1, 0.15) is 5.82 Å². The maximum Gasteiger partial charge on any atom is 0.251 e. The van der Waals surface area contributed by atoms with Gasteiger partial charge in [-0.1, -0.05) is 0 Å². The molecule has 100 valence electrons. The highest BCUT2D eigenvalue weighted by Gasteiger charge is 2.16. The maximum absolute atomic E-state index is 13.3. The minimum absolute atomic E-state index is 0. The van der Waals surface area contributed by atoms with Gasteiger partial charge in [0.05, 0.1) is 0 Å². The van der Waals surface area contributed by atoms with Crippen molar-refractivity contribution in [3.05, 3.63) is 33.1 Å². The Kier molecular flexibility index (Phi) is 6.31. The first kappa shape index (κ1) is 15.7. The largest absolute Gasteiger partial charge is 0.349 e. The number of rotatable bonds is 2. The molecular weight excluding hydrogens is 370 g/mol. The lowest BCUT2D eigenvalue weighted by atomic mass is 10.1. The normalized spacial score (nSPS) is 15.9. The molecule has 0 aromatic heterocycles. The molecule has 2 rings (SSSR count). The van der Waals surface area contributed by atoms with E-state index in [1.165, 1.54) is 6.07 Å². The highest BCUT2D eigenvalue weighted by atomic mass is 127. The number of carbonyl (C=O) groups is 1. The molecular formula is C12H15ClFIN2O. The number of benzene rings is 1. The van der Waals surface area contributed by atoms with E-state index < -0.39 is 0 Å². The predicted molar refractivity (Wildman–Crippen MR) is 79.7 cm³/mol. The molecule has 1 saturated heterocycles. The smallest absolute Gasteiger partial charge is 0.251 e. The van der Waals surface area contributed by atoms with Gasteiger partial charge >= 0.3 is 0 Å². The highest BCUT2D eigenvalue weighted by Crippen LogP contribution is 2.13. The molecule has 0 aliphatic carbocycles. The summed E-state index contributed by atoms with van der Waals surface area (Å²) >= 11 is 1.90. The number of nitrogens with one attached hydrogen (secondary N) is 2. The van der Waals surface area contributed by atoms with Crippen molar-refractivity contribution in [2.45, 2.75) is 18.9 Å². The summed E-state index contributed by atoms with van der Waals surface area (Å²) in [6.45, 7) is 1.85. The van der Waals surface area contributed by atoms with E-state index in [1.807, 2.05) is 22.6 Å². The molecule has 1 amide bonds. The Morgan fingerprint density at radius 2 is 2.06 bits per heavy atom. The topological polar surface area (TPSA) is 41.1 Å². The van der Waals surface area contributed by atoms with Crippen molar-refractivity contribution in [3.8, 4) is 0 Å². The average molecular weight is 385 g/mol. The number of halogens is 3. The molecule has 0 bridgehead atoms. The molecule has 1 aliphatic heterocycles. The molecule has 1 fully saturated rings. The lowest BCUT2D eigenvalue weighted by Gasteiger charge is -2.23. The number of hydrogen-bond donors (Lipinski definition) is 2. The van der Waals surface area contributed by atoms with Crippen LogP contribution in [0.4, 0.5) is 4.39 Å². The third-order valence-corrected chi connectivity index (χ3v) is 3.73. The second-order valence-corrected chi connectivity index (χ2v) is 5.29. The molecule has 1 aliphatic rings. The lowest BCUT2D eigenvalue weighted by molar-refractivity contribution is 0.0929. The Morgan fingerprint density at radius 1 is 1.39 bits per heavy atom. The molecule has 0 unspecified atom stereocenters. The SMILES string of the molecule is Cl.O=C(NC1CCNCC1)c1ccc(I)c(F)c1. The van der Waals surface area contributed by atoms with Crippen LogP contribution in [-0.2, 0) is 0 Å². The van der Waals surface area contributed by atoms with E-state index >= 15 is 0 Å². The minimum Gasteiger partial charge on any atom is -0.349 e. The van der Waals surface area contributed by atoms with Gasteiger partial charge in [-0.15, -0.1) is 12.4 Å². The van der Waals surface area contributed by atoms with E-state index in [0.29, 0.717) is 9.13 Å². The second-order valence-electron chi connectivity index (χ2n) is 4.13. The van der Waals surface area contributed by atoms with E-state index in [9.17, 15) is 9.18 Å². The predicted octanol–water partition coefficient (Wildman–Crippen LogP) is 2.33. The minimum atomic E-state index is -0.344. The van der Waals surface area contributed by atoms with Crippen LogP contribution in [0.5, 0.6) is 0 Å². The summed E-state index contributed by atoms with van der Waals surface area (Å²) < 4.78 is 13.8. The number of hydrogen-bond acceptors (Lipinski definition) is 2. The lowest BCUT2D eigenvalue weighted by Crippen LogP contribution is -2.42. The first-order chi connectivity index (χ1) is 8.16. The van der Waals surface area contributed by atoms with Crippen molar-refractivity contribution >= 4 is 40.9 Å². The average Bonchev–Trinajstić information content (AvgIpc) is 2.34. The summed E-state index contributed by atoms with van der Waals surface area (Å²) in [5.41, 5.74) is 0.390. The molecule has 3 nitrogen and oxygen atoms in total. The van der Waals surface area contributed by atoms with Crippen molar-refractivity contribution in [1.82, 2.24) is 10.6 Å². The molecule has 0 radical (unpaired) electrons. The van der Waals surface area contributed by atoms with E-state index in [1.54, 1.807) is 12.1 Å². The van der Waals surface area contributed by atoms with Gasteiger partial charge < -0.3 is 10.6 Å². The van der Waals surface area contributed by atoms with Crippen LogP contribution in [0.25, 0.3) is 0 Å². The fourth-order valence-electron chi connectivity index (χ4n) is 1.87. The van der Waals surface area contributed by atoms with Crippen molar-refractivity contribution < 1.29 is 9.18 Å². The van der Waals surface area contributed by atoms with Gasteiger partial charge in [0.15, 0.2) is 0 Å². The summed E-state index contributed by atoms with van der Waals surface area (Å²) in [6, 6.07) is 4.76. The fraction of sp³-hybridized carbons (Fsp3) is 0.417. The van der Waals surface area contributed by atoms with Crippen LogP contribution >= 0.6 is 35.0 Å². The zero-order chi connectivity index (χ0) is 12.3. The zero-order valence-electron chi connectivity index (χ0n) is 9.71. The standard InChI is InChI=1S/C12H14FIN2O.ClH/c13-10-7-8(1-2-11(10)14)12(17)16-9-3-5-15-6-4-9;/h1-2,7,9,15H,3-6H2,(H,16,17);1H. The molecule has 0 spiro atoms. The summed E-state index contributed by atoms with van der Waals surface area (Å²) in [5, 5.41) is 6.17. The van der Waals surface area contributed by atoms with Crippen LogP contribution in [0, 0.1) is 9.39 Å². The Labute approximate surface area is 125 Å². The Balaban J connectivity index is 0.00000162. The van der Waals surface area contributed by atoms with Gasteiger partial charge in [0, 0.05) is 15.2 Å². The van der Waals surface area contributed by atoms with Crippen LogP contribution in [-0.4, -0.2) is 25.0 Å². The van der Waals surface area contributed by atoms with Crippen LogP contribution in [0.1, 0.15) is 23.2 Å². The van der Waals surface area contributed by atoms with Gasteiger partial charge in [-0.25, -0.2) is 4.39 Å². The van der Waals surface area contributed by atoms with Gasteiger partial charge in [-0.05, 0) is 66.7 Å². The monoisotopic (exact) mass is 384 g/mol. The molecule has 1 aromatic rings. The van der Waals surface area contributed by atoms with Crippen LogP contribution in [0.3, 0.4) is 0 Å². The van der Waals surface area contributed by atoms with Gasteiger partial charge in [0.25, 0.3) is 5.91 Å². The molecule has 2 N–H and O–H groups in total. The summed E-state index contributed by atoms with van der Waals surface area (Å²) in [6.07, 6.45) is 1.86. The van der Waals surface area contributed by atoms with Crippen molar-refractivity contribution in [2.75, 3.05) is 13.1 Å². The fourth-order valence-corrected chi connectivity index (χ4v) is 2.21. The van der Waals surface area contributed by atoms with E-state index in [4.69, 9.17) is 0 Å². The third-order valence-electron chi connectivity index (χ3n) is 2.86. The van der Waals surface area contributed by atoms with Crippen LogP contribution < -0.4 is 10.6 Å². The van der Waals surface area contributed by atoms with Crippen LogP contribution in [0.2, 0.25) is 0 Å². The Morgan fingerprint density at radius 3 is 2.67 bits per heavy atom. The Hall–Kier alpha value is -0.400. The zero-order valence-corrected chi connectivity index (χ0v) is 12.7. The molecule has 6 heteroatoms. The molecule has 1 heterocycles. The summed E-state index contributed by atoms with van der Waals surface area (Å²) in [4.78, 5) is 11.9. The first-order valence-corrected chi connectivity index (χ1v) is 6.71. The molecule has 0 saturated carbocycles. The summed E-state index contributed by atoms with van der Waals surface area (Å²) in [5.74, 6) is -0.532. The number of amides is 1. The number of carbonyl (C=O) groups excluding carboxylic acids is 1. The van der Waals surface area contributed by atoms with Gasteiger partial charge in [0.2, 0.25) is 0 Å². The van der Waals surface area contributed by atoms with Crippen molar-refractivity contribution in [3.63, 3.8) is 0 Å². The van der Waals surface area contributed by atoms with E-state index in [2.05, 4.69) is 10.6 Å². The molecule has 0 atom stereocenters. The third kappa shape index (κ3) is 4.07. The first-order valence-electron chi connectivity index (χ1n) is 5.63. The molecule has 18 heavy (non-hydrogen) atoms. The van der Waals surface area contributed by atoms with Crippen molar-refractivity contribution in [1.29, 1.82) is 0 Å². The molecule has 1 aromatic carbocycles. The number of piperidine rings is 1. The van der Waals surface area contributed by atoms with Crippen molar-refractivity contribution in [2.24, 2.45) is 0 Å². The summed E-state index contributed by atoms with van der Waals surface area (Å²) in [7, 11) is 0.